The summed E-state index contributed by atoms with van der Waals surface area (Å²) in [5, 5.41) is 10.6. The van der Waals surface area contributed by atoms with Gasteiger partial charge in [0.1, 0.15) is 10.5 Å². The molecule has 4 heterocycles. The average Bonchev–Trinajstić information content (AvgIpc) is 3.42. The number of hydrogen-bond acceptors (Lipinski definition) is 5. The third-order valence-corrected chi connectivity index (χ3v) is 6.46. The average molecular weight is 397 g/mol. The lowest BCUT2D eigenvalue weighted by Crippen LogP contribution is -2.23. The van der Waals surface area contributed by atoms with E-state index in [0.717, 1.165) is 42.0 Å². The Morgan fingerprint density at radius 2 is 2.04 bits per heavy atom. The number of rotatable bonds is 4. The molecule has 1 unspecified atom stereocenters. The van der Waals surface area contributed by atoms with Crippen molar-refractivity contribution in [1.29, 1.82) is 0 Å². The van der Waals surface area contributed by atoms with E-state index in [-0.39, 0.29) is 11.4 Å². The van der Waals surface area contributed by atoms with Crippen molar-refractivity contribution in [2.75, 3.05) is 13.1 Å². The van der Waals surface area contributed by atoms with E-state index in [1.807, 2.05) is 28.0 Å². The molecule has 0 amide bonds. The van der Waals surface area contributed by atoms with Crippen LogP contribution in [0.2, 0.25) is 0 Å². The molecule has 1 aliphatic rings. The van der Waals surface area contributed by atoms with E-state index in [2.05, 4.69) is 15.1 Å². The van der Waals surface area contributed by atoms with E-state index < -0.39 is 0 Å². The molecule has 1 atom stereocenters. The van der Waals surface area contributed by atoms with Gasteiger partial charge in [-0.15, -0.1) is 21.5 Å². The van der Waals surface area contributed by atoms with Crippen molar-refractivity contribution in [3.8, 4) is 0 Å². The standard InChI is InChI=1S/C20H20FN5OS/c1-24-19(27)18-16(7-9-28-18)26-17(22-23-20(24)26)12-25-8-6-14(11-25)10-13-2-4-15(21)5-3-13/h2-5,7,9,14H,6,8,10-12H2,1H3. The van der Waals surface area contributed by atoms with Gasteiger partial charge in [-0.25, -0.2) is 4.39 Å². The number of fused-ring (bicyclic) bond motifs is 3. The molecule has 0 N–H and O–H groups in total. The highest BCUT2D eigenvalue weighted by molar-refractivity contribution is 7.17. The second-order valence-electron chi connectivity index (χ2n) is 7.47. The van der Waals surface area contributed by atoms with Crippen LogP contribution in [0.5, 0.6) is 0 Å². The monoisotopic (exact) mass is 397 g/mol. The third kappa shape index (κ3) is 2.93. The fourth-order valence-electron chi connectivity index (χ4n) is 4.13. The summed E-state index contributed by atoms with van der Waals surface area (Å²) < 4.78 is 17.4. The molecular weight excluding hydrogens is 377 g/mol. The Balaban J connectivity index is 1.38. The summed E-state index contributed by atoms with van der Waals surface area (Å²) >= 11 is 1.45. The molecule has 28 heavy (non-hydrogen) atoms. The lowest BCUT2D eigenvalue weighted by atomic mass is 9.99. The van der Waals surface area contributed by atoms with E-state index >= 15 is 0 Å². The fraction of sp³-hybridized carbons (Fsp3) is 0.350. The number of nitrogens with zero attached hydrogens (tertiary/aromatic N) is 5. The zero-order valence-corrected chi connectivity index (χ0v) is 16.3. The Labute approximate surface area is 164 Å². The molecule has 0 spiro atoms. The number of aromatic nitrogens is 4. The van der Waals surface area contributed by atoms with Crippen molar-refractivity contribution in [2.24, 2.45) is 13.0 Å². The number of aryl methyl sites for hydroxylation is 1. The van der Waals surface area contributed by atoms with Gasteiger partial charge >= 0.3 is 0 Å². The van der Waals surface area contributed by atoms with Gasteiger partial charge in [0.05, 0.1) is 12.1 Å². The Morgan fingerprint density at radius 3 is 2.86 bits per heavy atom. The highest BCUT2D eigenvalue weighted by Crippen LogP contribution is 2.24. The zero-order chi connectivity index (χ0) is 19.3. The summed E-state index contributed by atoms with van der Waals surface area (Å²) in [6, 6.07) is 8.76. The molecule has 1 saturated heterocycles. The number of likely N-dealkylation sites (tertiary alicyclic amines) is 1. The lowest BCUT2D eigenvalue weighted by molar-refractivity contribution is 0.307. The maximum Gasteiger partial charge on any atom is 0.272 e. The van der Waals surface area contributed by atoms with E-state index in [0.29, 0.717) is 18.2 Å². The molecule has 5 rings (SSSR count). The van der Waals surface area contributed by atoms with Crippen LogP contribution in [0.25, 0.3) is 16.0 Å². The molecule has 1 aliphatic heterocycles. The van der Waals surface area contributed by atoms with Gasteiger partial charge in [-0.2, -0.15) is 0 Å². The predicted molar refractivity (Wildman–Crippen MR) is 107 cm³/mol. The summed E-state index contributed by atoms with van der Waals surface area (Å²) in [5.41, 5.74) is 2.03. The Kier molecular flexibility index (Phi) is 4.25. The second-order valence-corrected chi connectivity index (χ2v) is 8.39. The predicted octanol–water partition coefficient (Wildman–Crippen LogP) is 2.85. The van der Waals surface area contributed by atoms with Crippen LogP contribution in [0.15, 0.2) is 40.5 Å². The van der Waals surface area contributed by atoms with Gasteiger partial charge in [0, 0.05) is 13.6 Å². The molecular formula is C20H20FN5OS. The maximum absolute atomic E-state index is 13.1. The number of hydrogen-bond donors (Lipinski definition) is 0. The first kappa shape index (κ1) is 17.5. The lowest BCUT2D eigenvalue weighted by Gasteiger charge is -2.15. The molecule has 6 nitrogen and oxygen atoms in total. The summed E-state index contributed by atoms with van der Waals surface area (Å²) in [7, 11) is 1.74. The quantitative estimate of drug-likeness (QED) is 0.531. The van der Waals surface area contributed by atoms with Crippen molar-refractivity contribution in [3.05, 3.63) is 63.3 Å². The first-order chi connectivity index (χ1) is 13.6. The van der Waals surface area contributed by atoms with Gasteiger partial charge in [-0.3, -0.25) is 18.7 Å². The van der Waals surface area contributed by atoms with Gasteiger partial charge < -0.3 is 0 Å². The Hall–Kier alpha value is -2.58. The largest absolute Gasteiger partial charge is 0.296 e. The van der Waals surface area contributed by atoms with Gasteiger partial charge in [0.15, 0.2) is 5.82 Å². The highest BCUT2D eigenvalue weighted by atomic mass is 32.1. The molecule has 3 aromatic heterocycles. The minimum absolute atomic E-state index is 0.0306. The fourth-order valence-corrected chi connectivity index (χ4v) is 4.98. The Bertz CT molecular complexity index is 1210. The summed E-state index contributed by atoms with van der Waals surface area (Å²) in [4.78, 5) is 14.8. The van der Waals surface area contributed by atoms with Crippen LogP contribution in [-0.2, 0) is 20.0 Å². The molecule has 0 aliphatic carbocycles. The van der Waals surface area contributed by atoms with E-state index in [4.69, 9.17) is 0 Å². The van der Waals surface area contributed by atoms with Crippen LogP contribution in [0, 0.1) is 11.7 Å². The molecule has 0 radical (unpaired) electrons. The normalized spacial score (nSPS) is 17.9. The minimum atomic E-state index is -0.190. The number of thiophene rings is 1. The first-order valence-electron chi connectivity index (χ1n) is 9.37. The summed E-state index contributed by atoms with van der Waals surface area (Å²) in [6.07, 6.45) is 2.07. The molecule has 144 valence electrons. The van der Waals surface area contributed by atoms with Gasteiger partial charge in [0.2, 0.25) is 5.78 Å². The highest BCUT2D eigenvalue weighted by Gasteiger charge is 2.25. The van der Waals surface area contributed by atoms with Crippen LogP contribution < -0.4 is 5.56 Å². The molecule has 4 aromatic rings. The van der Waals surface area contributed by atoms with E-state index in [1.54, 1.807) is 11.6 Å². The van der Waals surface area contributed by atoms with Crippen molar-refractivity contribution in [3.63, 3.8) is 0 Å². The number of benzene rings is 1. The van der Waals surface area contributed by atoms with E-state index in [9.17, 15) is 9.18 Å². The van der Waals surface area contributed by atoms with E-state index in [1.165, 1.54) is 29.0 Å². The van der Waals surface area contributed by atoms with Crippen LogP contribution in [-0.4, -0.2) is 37.2 Å². The molecule has 8 heteroatoms. The summed E-state index contributed by atoms with van der Waals surface area (Å²) in [5.74, 6) is 1.80. The molecule has 1 aromatic carbocycles. The van der Waals surface area contributed by atoms with Crippen molar-refractivity contribution in [1.82, 2.24) is 24.1 Å². The van der Waals surface area contributed by atoms with Crippen LogP contribution >= 0.6 is 11.3 Å². The maximum atomic E-state index is 13.1. The van der Waals surface area contributed by atoms with Gasteiger partial charge in [-0.05, 0) is 54.4 Å². The topological polar surface area (TPSA) is 55.4 Å². The minimum Gasteiger partial charge on any atom is -0.296 e. The van der Waals surface area contributed by atoms with Gasteiger partial charge in [0.25, 0.3) is 5.56 Å². The van der Waals surface area contributed by atoms with Crippen LogP contribution in [0.4, 0.5) is 4.39 Å². The smallest absolute Gasteiger partial charge is 0.272 e. The zero-order valence-electron chi connectivity index (χ0n) is 15.5. The SMILES string of the molecule is Cn1c(=O)c2sccc2n2c(CN3CCC(Cc4ccc(F)cc4)C3)nnc12. The van der Waals surface area contributed by atoms with Crippen LogP contribution in [0.1, 0.15) is 17.8 Å². The molecule has 1 fully saturated rings. The molecule has 0 bridgehead atoms. The second kappa shape index (κ2) is 6.79. The molecule has 0 saturated carbocycles. The Morgan fingerprint density at radius 1 is 1.21 bits per heavy atom. The number of halogens is 1. The van der Waals surface area contributed by atoms with Crippen molar-refractivity contribution in [2.45, 2.75) is 19.4 Å². The summed E-state index contributed by atoms with van der Waals surface area (Å²) in [6.45, 7) is 2.67. The van der Waals surface area contributed by atoms with Crippen molar-refractivity contribution < 1.29 is 4.39 Å². The first-order valence-corrected chi connectivity index (χ1v) is 10.2. The van der Waals surface area contributed by atoms with Crippen molar-refractivity contribution >= 4 is 27.3 Å². The third-order valence-electron chi connectivity index (χ3n) is 5.57. The van der Waals surface area contributed by atoms with Gasteiger partial charge in [-0.1, -0.05) is 12.1 Å². The van der Waals surface area contributed by atoms with Crippen LogP contribution in [0.3, 0.4) is 0 Å².